The highest BCUT2D eigenvalue weighted by atomic mass is 16.6. The Bertz CT molecular complexity index is 954. The van der Waals surface area contributed by atoms with Crippen molar-refractivity contribution in [3.63, 3.8) is 0 Å². The predicted molar refractivity (Wildman–Crippen MR) is 135 cm³/mol. The molecule has 8 rings (SSSR count). The molecular weight excluding hydrogens is 456 g/mol. The Balaban J connectivity index is 1.37. The maximum absolute atomic E-state index is 6.74. The minimum atomic E-state index is -0.131. The molecule has 0 radical (unpaired) electrons. The lowest BCUT2D eigenvalue weighted by atomic mass is 9.48. The van der Waals surface area contributed by atoms with Crippen LogP contribution < -0.4 is 14.2 Å². The molecule has 3 unspecified atom stereocenters. The number of hydrogen-bond donors (Lipinski definition) is 0. The molecule has 198 valence electrons. The van der Waals surface area contributed by atoms with Gasteiger partial charge < -0.3 is 28.4 Å². The monoisotopic (exact) mass is 498 g/mol. The number of hydrogen-bond acceptors (Lipinski definition) is 6. The fraction of sp³-hybridized carbons (Fsp3) is 0.800. The molecule has 1 aromatic carbocycles. The molecule has 4 aliphatic carbocycles. The standard InChI is InChI=1S/C30H42O6/c1-4-29(2,3)26-25(34-15-21-12-31-21)8-24(30-9-18-5-19(10-30)7-20(6-18)11-30)27(35-16-22-13-32-22)28(26)36-17-23-14-33-23/h8,18-23H,4-7,9-17H2,1-3H3. The van der Waals surface area contributed by atoms with E-state index in [4.69, 9.17) is 28.4 Å². The molecule has 6 heteroatoms. The third-order valence-electron chi connectivity index (χ3n) is 9.83. The van der Waals surface area contributed by atoms with Crippen molar-refractivity contribution in [1.82, 2.24) is 0 Å². The highest BCUT2D eigenvalue weighted by Crippen LogP contribution is 2.64. The van der Waals surface area contributed by atoms with Gasteiger partial charge in [-0.3, -0.25) is 0 Å². The molecule has 4 bridgehead atoms. The van der Waals surface area contributed by atoms with E-state index in [2.05, 4.69) is 26.8 Å². The first-order chi connectivity index (χ1) is 17.4. The number of epoxide rings is 3. The van der Waals surface area contributed by atoms with Gasteiger partial charge in [-0.1, -0.05) is 20.8 Å². The highest BCUT2D eigenvalue weighted by molar-refractivity contribution is 5.63. The molecular formula is C30H42O6. The first-order valence-electron chi connectivity index (χ1n) is 14.4. The zero-order valence-corrected chi connectivity index (χ0v) is 22.2. The molecule has 36 heavy (non-hydrogen) atoms. The molecule has 3 saturated heterocycles. The average molecular weight is 499 g/mol. The summed E-state index contributed by atoms with van der Waals surface area (Å²) in [5.74, 6) is 5.34. The zero-order chi connectivity index (χ0) is 24.5. The summed E-state index contributed by atoms with van der Waals surface area (Å²) in [6.45, 7) is 10.9. The molecule has 0 amide bonds. The molecule has 7 aliphatic rings. The quantitative estimate of drug-likeness (QED) is 0.370. The van der Waals surface area contributed by atoms with Crippen LogP contribution in [-0.2, 0) is 25.0 Å². The molecule has 1 aromatic rings. The summed E-state index contributed by atoms with van der Waals surface area (Å²) in [6, 6.07) is 2.37. The summed E-state index contributed by atoms with van der Waals surface area (Å²) in [5.41, 5.74) is 2.49. The minimum absolute atomic E-state index is 0.131. The number of rotatable bonds is 12. The van der Waals surface area contributed by atoms with Crippen molar-refractivity contribution in [3.05, 3.63) is 17.2 Å². The first kappa shape index (κ1) is 23.6. The molecule has 3 heterocycles. The van der Waals surface area contributed by atoms with Crippen molar-refractivity contribution < 1.29 is 28.4 Å². The normalized spacial score (nSPS) is 37.6. The van der Waals surface area contributed by atoms with Crippen molar-refractivity contribution in [2.45, 2.75) is 94.9 Å². The van der Waals surface area contributed by atoms with E-state index in [0.29, 0.717) is 19.8 Å². The SMILES string of the molecule is CCC(C)(C)c1c(OCC2CO2)cc(C23CC4CC(CC(C4)C2)C3)c(OCC2CO2)c1OCC1CO1. The van der Waals surface area contributed by atoms with Crippen molar-refractivity contribution in [2.75, 3.05) is 39.6 Å². The fourth-order valence-electron chi connectivity index (χ4n) is 7.69. The van der Waals surface area contributed by atoms with E-state index < -0.39 is 0 Å². The zero-order valence-electron chi connectivity index (χ0n) is 22.2. The third kappa shape index (κ3) is 4.52. The van der Waals surface area contributed by atoms with Gasteiger partial charge in [-0.2, -0.15) is 0 Å². The second-order valence-corrected chi connectivity index (χ2v) is 13.2. The van der Waals surface area contributed by atoms with E-state index in [9.17, 15) is 0 Å². The summed E-state index contributed by atoms with van der Waals surface area (Å²) in [7, 11) is 0. The molecule has 0 aromatic heterocycles. The average Bonchev–Trinajstić information content (AvgIpc) is 3.69. The molecule has 6 nitrogen and oxygen atoms in total. The van der Waals surface area contributed by atoms with Crippen LogP contribution in [0.3, 0.4) is 0 Å². The summed E-state index contributed by atoms with van der Waals surface area (Å²) >= 11 is 0. The van der Waals surface area contributed by atoms with Gasteiger partial charge in [0.05, 0.1) is 19.8 Å². The van der Waals surface area contributed by atoms with E-state index in [1.165, 1.54) is 44.1 Å². The highest BCUT2D eigenvalue weighted by Gasteiger charge is 2.53. The van der Waals surface area contributed by atoms with Gasteiger partial charge in [0.2, 0.25) is 0 Å². The van der Waals surface area contributed by atoms with Gasteiger partial charge >= 0.3 is 0 Å². The summed E-state index contributed by atoms with van der Waals surface area (Å²) < 4.78 is 36.6. The van der Waals surface area contributed by atoms with Crippen molar-refractivity contribution in [1.29, 1.82) is 0 Å². The van der Waals surface area contributed by atoms with Crippen LogP contribution in [0.1, 0.15) is 76.8 Å². The number of benzene rings is 1. The minimum Gasteiger partial charge on any atom is -0.490 e. The smallest absolute Gasteiger partial charge is 0.169 e. The molecule has 0 N–H and O–H groups in total. The van der Waals surface area contributed by atoms with E-state index in [-0.39, 0.29) is 29.1 Å². The van der Waals surface area contributed by atoms with Crippen molar-refractivity contribution >= 4 is 0 Å². The second-order valence-electron chi connectivity index (χ2n) is 13.2. The van der Waals surface area contributed by atoms with Gasteiger partial charge in [0.15, 0.2) is 11.5 Å². The lowest BCUT2D eigenvalue weighted by molar-refractivity contribution is -0.00681. The maximum atomic E-state index is 6.74. The molecule has 3 aliphatic heterocycles. The van der Waals surface area contributed by atoms with Gasteiger partial charge in [0, 0.05) is 16.5 Å². The fourth-order valence-corrected chi connectivity index (χ4v) is 7.69. The summed E-state index contributed by atoms with van der Waals surface area (Å²) in [5, 5.41) is 0. The van der Waals surface area contributed by atoms with E-state index in [0.717, 1.165) is 66.8 Å². The van der Waals surface area contributed by atoms with Gasteiger partial charge in [-0.15, -0.1) is 0 Å². The van der Waals surface area contributed by atoms with E-state index in [1.807, 2.05) is 0 Å². The van der Waals surface area contributed by atoms with Gasteiger partial charge in [0.25, 0.3) is 0 Å². The Morgan fingerprint density at radius 1 is 0.778 bits per heavy atom. The third-order valence-corrected chi connectivity index (χ3v) is 9.83. The first-order valence-corrected chi connectivity index (χ1v) is 14.4. The Morgan fingerprint density at radius 2 is 1.25 bits per heavy atom. The van der Waals surface area contributed by atoms with Crippen LogP contribution in [0, 0.1) is 17.8 Å². The Kier molecular flexibility index (Phi) is 5.75. The molecule has 4 saturated carbocycles. The summed E-state index contributed by atoms with van der Waals surface area (Å²) in [6.07, 6.45) is 9.59. The Morgan fingerprint density at radius 3 is 1.72 bits per heavy atom. The van der Waals surface area contributed by atoms with Gasteiger partial charge in [-0.25, -0.2) is 0 Å². The molecule has 3 atom stereocenters. The topological polar surface area (TPSA) is 65.3 Å². The lowest BCUT2D eigenvalue weighted by Gasteiger charge is -2.57. The van der Waals surface area contributed by atoms with Gasteiger partial charge in [-0.05, 0) is 74.2 Å². The van der Waals surface area contributed by atoms with Crippen LogP contribution in [0.5, 0.6) is 17.2 Å². The lowest BCUT2D eigenvalue weighted by Crippen LogP contribution is -2.48. The molecule has 0 spiro atoms. The maximum Gasteiger partial charge on any atom is 0.169 e. The Hall–Kier alpha value is -1.50. The summed E-state index contributed by atoms with van der Waals surface area (Å²) in [4.78, 5) is 0. The van der Waals surface area contributed by atoms with Crippen LogP contribution in [0.15, 0.2) is 6.07 Å². The van der Waals surface area contributed by atoms with E-state index in [1.54, 1.807) is 0 Å². The second kappa shape index (κ2) is 8.78. The van der Waals surface area contributed by atoms with Crippen LogP contribution in [0.25, 0.3) is 0 Å². The van der Waals surface area contributed by atoms with Crippen LogP contribution in [0.4, 0.5) is 0 Å². The Labute approximate surface area is 215 Å². The van der Waals surface area contributed by atoms with Crippen LogP contribution in [0.2, 0.25) is 0 Å². The van der Waals surface area contributed by atoms with Crippen LogP contribution >= 0.6 is 0 Å². The molecule has 7 fully saturated rings. The number of ether oxygens (including phenoxy) is 6. The predicted octanol–water partition coefficient (Wildman–Crippen LogP) is 5.17. The van der Waals surface area contributed by atoms with E-state index >= 15 is 0 Å². The van der Waals surface area contributed by atoms with Gasteiger partial charge in [0.1, 0.15) is 43.9 Å². The van der Waals surface area contributed by atoms with Crippen molar-refractivity contribution in [3.8, 4) is 17.2 Å². The van der Waals surface area contributed by atoms with Crippen LogP contribution in [-0.4, -0.2) is 58.0 Å². The largest absolute Gasteiger partial charge is 0.490 e. The van der Waals surface area contributed by atoms with Crippen molar-refractivity contribution in [2.24, 2.45) is 17.8 Å².